The van der Waals surface area contributed by atoms with E-state index in [4.69, 9.17) is 26.2 Å². The van der Waals surface area contributed by atoms with Crippen molar-refractivity contribution in [2.24, 2.45) is 11.8 Å². The van der Waals surface area contributed by atoms with Crippen LogP contribution in [-0.2, 0) is 15.7 Å². The molecule has 2 aliphatic heterocycles. The lowest BCUT2D eigenvalue weighted by molar-refractivity contribution is -0.141. The lowest BCUT2D eigenvalue weighted by atomic mass is 9.86. The van der Waals surface area contributed by atoms with Gasteiger partial charge in [0.2, 0.25) is 5.91 Å². The molecule has 17 heteroatoms. The summed E-state index contributed by atoms with van der Waals surface area (Å²) in [5, 5.41) is 10.8. The van der Waals surface area contributed by atoms with E-state index in [9.17, 15) is 32.3 Å². The van der Waals surface area contributed by atoms with Crippen LogP contribution in [0.15, 0.2) is 54.7 Å². The SMILES string of the molecule is COc1cc2nn(C3CCC(COCC4CCN(C(=O)c5ccc(Cl)c(N6CCC(=O)NC6=O)c5)CC4)CC3)cc2cc1NC(=O)c1cccc(C(F)(F)F)n1. The monoisotopic (exact) mass is 795 g/mol. The number of amides is 5. The van der Waals surface area contributed by atoms with Gasteiger partial charge in [0.15, 0.2) is 0 Å². The van der Waals surface area contributed by atoms with E-state index in [2.05, 4.69) is 15.6 Å². The van der Waals surface area contributed by atoms with E-state index in [0.717, 1.165) is 56.0 Å². The number of rotatable bonds is 10. The van der Waals surface area contributed by atoms with Crippen LogP contribution in [0.4, 0.5) is 29.3 Å². The van der Waals surface area contributed by atoms with Crippen LogP contribution in [0.1, 0.15) is 77.5 Å². The van der Waals surface area contributed by atoms with E-state index in [1.807, 2.05) is 15.8 Å². The molecule has 1 aliphatic carbocycles. The number of alkyl halides is 3. The number of imide groups is 1. The number of ether oxygens (including phenoxy) is 2. The zero-order chi connectivity index (χ0) is 39.6. The van der Waals surface area contributed by atoms with Crippen LogP contribution in [0.5, 0.6) is 5.75 Å². The minimum Gasteiger partial charge on any atom is -0.494 e. The third kappa shape index (κ3) is 8.76. The maximum Gasteiger partial charge on any atom is 0.433 e. The molecule has 0 bridgehead atoms. The number of aromatic nitrogens is 3. The van der Waals surface area contributed by atoms with Gasteiger partial charge in [0.1, 0.15) is 17.1 Å². The molecule has 4 aromatic rings. The first kappa shape index (κ1) is 39.0. The number of pyridine rings is 1. The zero-order valence-corrected chi connectivity index (χ0v) is 31.4. The fraction of sp³-hybridized carbons (Fsp3) is 0.436. The molecule has 2 N–H and O–H groups in total. The summed E-state index contributed by atoms with van der Waals surface area (Å²) in [5.74, 6) is -0.183. The molecule has 56 heavy (non-hydrogen) atoms. The highest BCUT2D eigenvalue weighted by molar-refractivity contribution is 6.34. The molecule has 3 fully saturated rings. The number of nitrogens with one attached hydrogen (secondary N) is 2. The third-order valence-corrected chi connectivity index (χ3v) is 11.0. The molecule has 2 aromatic heterocycles. The van der Waals surface area contributed by atoms with E-state index >= 15 is 0 Å². The first-order chi connectivity index (χ1) is 26.9. The summed E-state index contributed by atoms with van der Waals surface area (Å²) in [4.78, 5) is 56.8. The average Bonchev–Trinajstić information content (AvgIpc) is 3.61. The maximum atomic E-state index is 13.4. The summed E-state index contributed by atoms with van der Waals surface area (Å²) >= 11 is 6.36. The number of anilines is 2. The number of benzene rings is 2. The standard InChI is InChI=1S/C39H41ClF3N7O6/c1-55-33-19-30-26(17-31(33)45-36(52)29-3-2-4-34(44-29)39(41,42)43)20-50(47-30)27-8-5-23(6-9-27)21-56-22-24-11-14-48(15-12-24)37(53)25-7-10-28(40)32(18-25)49-16-13-35(51)46-38(49)54/h2-4,7,10,17-20,23-24,27H,5-6,8-9,11-16,21-22H2,1H3,(H,45,52)(H,46,51,54). The molecule has 5 amide bonds. The molecule has 4 heterocycles. The van der Waals surface area contributed by atoms with Gasteiger partial charge >= 0.3 is 12.2 Å². The number of carbonyl (C=O) groups excluding carboxylic acids is 4. The summed E-state index contributed by atoms with van der Waals surface area (Å²) in [6.45, 7) is 2.68. The Kier molecular flexibility index (Phi) is 11.5. The van der Waals surface area contributed by atoms with Crippen molar-refractivity contribution >= 4 is 57.6 Å². The van der Waals surface area contributed by atoms with Gasteiger partial charge in [-0.05, 0) is 86.8 Å². The predicted octanol–water partition coefficient (Wildman–Crippen LogP) is 7.11. The van der Waals surface area contributed by atoms with Gasteiger partial charge in [-0.25, -0.2) is 9.78 Å². The van der Waals surface area contributed by atoms with Gasteiger partial charge in [-0.3, -0.25) is 29.3 Å². The number of piperidine rings is 1. The van der Waals surface area contributed by atoms with Crippen molar-refractivity contribution in [2.75, 3.05) is 50.2 Å². The molecule has 7 rings (SSSR count). The van der Waals surface area contributed by atoms with Crippen LogP contribution >= 0.6 is 11.6 Å². The van der Waals surface area contributed by atoms with Crippen LogP contribution in [0.25, 0.3) is 10.9 Å². The normalized spacial score (nSPS) is 19.6. The van der Waals surface area contributed by atoms with Crippen LogP contribution in [0.3, 0.4) is 0 Å². The molecule has 0 unspecified atom stereocenters. The van der Waals surface area contributed by atoms with Crippen LogP contribution in [-0.4, -0.2) is 83.4 Å². The Hall–Kier alpha value is -5.22. The van der Waals surface area contributed by atoms with Gasteiger partial charge < -0.3 is 19.7 Å². The Labute approximate surface area is 325 Å². The second-order valence-electron chi connectivity index (χ2n) is 14.4. The molecule has 13 nitrogen and oxygen atoms in total. The quantitative estimate of drug-likeness (QED) is 0.173. The summed E-state index contributed by atoms with van der Waals surface area (Å²) in [6.07, 6.45) is 2.81. The van der Waals surface area contributed by atoms with Crippen molar-refractivity contribution < 1.29 is 41.8 Å². The minimum absolute atomic E-state index is 0.129. The maximum absolute atomic E-state index is 13.4. The number of hydrogen-bond donors (Lipinski definition) is 2. The van der Waals surface area contributed by atoms with Crippen molar-refractivity contribution in [2.45, 2.75) is 57.2 Å². The summed E-state index contributed by atoms with van der Waals surface area (Å²) in [6, 6.07) is 11.0. The predicted molar refractivity (Wildman–Crippen MR) is 201 cm³/mol. The smallest absolute Gasteiger partial charge is 0.433 e. The molecular formula is C39H41ClF3N7O6. The fourth-order valence-electron chi connectivity index (χ4n) is 7.54. The first-order valence-electron chi connectivity index (χ1n) is 18.6. The summed E-state index contributed by atoms with van der Waals surface area (Å²) in [7, 11) is 1.44. The van der Waals surface area contributed by atoms with Crippen molar-refractivity contribution in [3.8, 4) is 5.75 Å². The third-order valence-electron chi connectivity index (χ3n) is 10.7. The number of hydrogen-bond acceptors (Lipinski definition) is 8. The van der Waals surface area contributed by atoms with Crippen molar-refractivity contribution in [1.82, 2.24) is 25.0 Å². The second kappa shape index (κ2) is 16.5. The number of carbonyl (C=O) groups is 4. The highest BCUT2D eigenvalue weighted by Gasteiger charge is 2.33. The van der Waals surface area contributed by atoms with Crippen molar-refractivity contribution in [3.05, 3.63) is 76.7 Å². The number of halogens is 4. The van der Waals surface area contributed by atoms with Crippen LogP contribution in [0, 0.1) is 11.8 Å². The molecule has 0 spiro atoms. The lowest BCUT2D eigenvalue weighted by Crippen LogP contribution is -2.49. The van der Waals surface area contributed by atoms with Crippen molar-refractivity contribution in [1.29, 1.82) is 0 Å². The molecule has 0 radical (unpaired) electrons. The first-order valence-corrected chi connectivity index (χ1v) is 18.9. The average molecular weight is 796 g/mol. The van der Waals surface area contributed by atoms with E-state index in [1.165, 1.54) is 18.1 Å². The Morgan fingerprint density at radius 3 is 2.39 bits per heavy atom. The number of likely N-dealkylation sites (tertiary alicyclic amines) is 1. The Balaban J connectivity index is 0.864. The number of fused-ring (bicyclic) bond motifs is 1. The Morgan fingerprint density at radius 2 is 1.70 bits per heavy atom. The Morgan fingerprint density at radius 1 is 0.964 bits per heavy atom. The molecule has 296 valence electrons. The molecule has 0 atom stereocenters. The van der Waals surface area contributed by atoms with Crippen LogP contribution < -0.4 is 20.3 Å². The molecule has 2 aromatic carbocycles. The van der Waals surface area contributed by atoms with Gasteiger partial charge in [0.05, 0.1) is 35.1 Å². The minimum atomic E-state index is -4.67. The van der Waals surface area contributed by atoms with Gasteiger partial charge in [-0.2, -0.15) is 18.3 Å². The summed E-state index contributed by atoms with van der Waals surface area (Å²) in [5.41, 5.74) is 0.275. The Bertz CT molecular complexity index is 2130. The number of nitrogens with zero attached hydrogens (tertiary/aromatic N) is 5. The highest BCUT2D eigenvalue weighted by Crippen LogP contribution is 2.36. The molecule has 3 aliphatic rings. The van der Waals surface area contributed by atoms with E-state index < -0.39 is 23.8 Å². The number of methoxy groups -OCH3 is 1. The van der Waals surface area contributed by atoms with Gasteiger partial charge in [0.25, 0.3) is 11.8 Å². The van der Waals surface area contributed by atoms with Gasteiger partial charge in [-0.15, -0.1) is 0 Å². The second-order valence-corrected chi connectivity index (χ2v) is 14.9. The van der Waals surface area contributed by atoms with Gasteiger partial charge in [0, 0.05) is 62.5 Å². The fourth-order valence-corrected chi connectivity index (χ4v) is 7.76. The van der Waals surface area contributed by atoms with Crippen LogP contribution in [0.2, 0.25) is 5.02 Å². The van der Waals surface area contributed by atoms with Crippen molar-refractivity contribution in [3.63, 3.8) is 0 Å². The van der Waals surface area contributed by atoms with E-state index in [1.54, 1.807) is 30.3 Å². The summed E-state index contributed by atoms with van der Waals surface area (Å²) < 4.78 is 53.0. The molecular weight excluding hydrogens is 755 g/mol. The van der Waals surface area contributed by atoms with E-state index in [-0.39, 0.29) is 36.5 Å². The lowest BCUT2D eigenvalue weighted by Gasteiger charge is -2.33. The van der Waals surface area contributed by atoms with Gasteiger partial charge in [-0.1, -0.05) is 17.7 Å². The zero-order valence-electron chi connectivity index (χ0n) is 30.6. The van der Waals surface area contributed by atoms with E-state index in [0.29, 0.717) is 71.4 Å². The topological polar surface area (TPSA) is 148 Å². The molecule has 1 saturated carbocycles. The number of urea groups is 1. The molecule has 2 saturated heterocycles. The largest absolute Gasteiger partial charge is 0.494 e. The highest BCUT2D eigenvalue weighted by atomic mass is 35.5.